The van der Waals surface area contributed by atoms with Crippen LogP contribution in [0.25, 0.3) is 0 Å². The molecule has 3 heteroatoms. The number of carbonyl (C=O) groups is 1. The lowest BCUT2D eigenvalue weighted by atomic mass is 10.1. The number of carbonyl (C=O) groups excluding carboxylic acids is 1. The first-order chi connectivity index (χ1) is 11.1. The van der Waals surface area contributed by atoms with Crippen molar-refractivity contribution in [2.24, 2.45) is 0 Å². The summed E-state index contributed by atoms with van der Waals surface area (Å²) in [7, 11) is 0. The standard InChI is InChI=1S/C20H25NO2/c1-4-16-11-13-18(14-12-16)23-19(5-2)20(22)21-15(3)17-9-7-6-8-10-17/h6-15,19H,4-5H2,1-3H3,(H,21,22). The van der Waals surface area contributed by atoms with E-state index in [1.807, 2.05) is 68.4 Å². The monoisotopic (exact) mass is 311 g/mol. The molecule has 0 aliphatic rings. The first-order valence-electron chi connectivity index (χ1n) is 8.25. The molecule has 2 atom stereocenters. The van der Waals surface area contributed by atoms with Crippen LogP contribution in [0.4, 0.5) is 0 Å². The summed E-state index contributed by atoms with van der Waals surface area (Å²) in [6, 6.07) is 17.8. The van der Waals surface area contributed by atoms with E-state index in [-0.39, 0.29) is 11.9 Å². The van der Waals surface area contributed by atoms with Crippen LogP contribution in [0.3, 0.4) is 0 Å². The first kappa shape index (κ1) is 17.1. The zero-order valence-electron chi connectivity index (χ0n) is 14.1. The zero-order valence-corrected chi connectivity index (χ0v) is 14.1. The molecule has 122 valence electrons. The maximum absolute atomic E-state index is 12.4. The van der Waals surface area contributed by atoms with Gasteiger partial charge in [0.05, 0.1) is 6.04 Å². The molecule has 0 saturated heterocycles. The average Bonchev–Trinajstić information content (AvgIpc) is 2.60. The summed E-state index contributed by atoms with van der Waals surface area (Å²) in [5.74, 6) is 0.653. The zero-order chi connectivity index (χ0) is 16.7. The summed E-state index contributed by atoms with van der Waals surface area (Å²) < 4.78 is 5.85. The lowest BCUT2D eigenvalue weighted by Gasteiger charge is -2.21. The molecule has 0 heterocycles. The molecule has 2 rings (SSSR count). The number of rotatable bonds is 7. The van der Waals surface area contributed by atoms with Crippen LogP contribution in [-0.4, -0.2) is 12.0 Å². The van der Waals surface area contributed by atoms with E-state index in [4.69, 9.17) is 4.74 Å². The summed E-state index contributed by atoms with van der Waals surface area (Å²) in [6.07, 6.45) is 1.14. The summed E-state index contributed by atoms with van der Waals surface area (Å²) in [5.41, 5.74) is 2.34. The van der Waals surface area contributed by atoms with Crippen molar-refractivity contribution in [3.05, 3.63) is 65.7 Å². The Morgan fingerprint density at radius 2 is 1.70 bits per heavy atom. The molecule has 0 bridgehead atoms. The summed E-state index contributed by atoms with van der Waals surface area (Å²) in [6.45, 7) is 6.05. The van der Waals surface area contributed by atoms with Gasteiger partial charge in [0.1, 0.15) is 5.75 Å². The SMILES string of the molecule is CCc1ccc(OC(CC)C(=O)NC(C)c2ccccc2)cc1. The van der Waals surface area contributed by atoms with Crippen LogP contribution in [0.5, 0.6) is 5.75 Å². The largest absolute Gasteiger partial charge is 0.481 e. The second-order valence-corrected chi connectivity index (χ2v) is 5.65. The Morgan fingerprint density at radius 1 is 1.04 bits per heavy atom. The Balaban J connectivity index is 1.97. The lowest BCUT2D eigenvalue weighted by molar-refractivity contribution is -0.128. The van der Waals surface area contributed by atoms with Crippen LogP contribution in [0.1, 0.15) is 44.4 Å². The van der Waals surface area contributed by atoms with Crippen LogP contribution in [0, 0.1) is 0 Å². The molecule has 0 aliphatic heterocycles. The van der Waals surface area contributed by atoms with E-state index < -0.39 is 6.10 Å². The maximum atomic E-state index is 12.4. The van der Waals surface area contributed by atoms with Gasteiger partial charge in [-0.25, -0.2) is 0 Å². The normalized spacial score (nSPS) is 13.2. The minimum Gasteiger partial charge on any atom is -0.481 e. The van der Waals surface area contributed by atoms with Gasteiger partial charge in [0.25, 0.3) is 5.91 Å². The highest BCUT2D eigenvalue weighted by Crippen LogP contribution is 2.17. The summed E-state index contributed by atoms with van der Waals surface area (Å²) in [5, 5.41) is 3.03. The Labute approximate surface area is 138 Å². The third-order valence-electron chi connectivity index (χ3n) is 3.93. The number of aryl methyl sites for hydroxylation is 1. The van der Waals surface area contributed by atoms with Gasteiger partial charge < -0.3 is 10.1 Å². The second kappa shape index (κ2) is 8.37. The average molecular weight is 311 g/mol. The van der Waals surface area contributed by atoms with Gasteiger partial charge >= 0.3 is 0 Å². The molecule has 0 spiro atoms. The van der Waals surface area contributed by atoms with Gasteiger partial charge in [-0.05, 0) is 43.0 Å². The van der Waals surface area contributed by atoms with Crippen LogP contribution in [0.15, 0.2) is 54.6 Å². The molecule has 23 heavy (non-hydrogen) atoms. The fraction of sp³-hybridized carbons (Fsp3) is 0.350. The third kappa shape index (κ3) is 4.85. The fourth-order valence-corrected chi connectivity index (χ4v) is 2.42. The molecule has 0 radical (unpaired) electrons. The first-order valence-corrected chi connectivity index (χ1v) is 8.25. The minimum absolute atomic E-state index is 0.0381. The Hall–Kier alpha value is -2.29. The van der Waals surface area contributed by atoms with Gasteiger partial charge in [0, 0.05) is 0 Å². The highest BCUT2D eigenvalue weighted by Gasteiger charge is 2.20. The van der Waals surface area contributed by atoms with E-state index in [1.165, 1.54) is 5.56 Å². The van der Waals surface area contributed by atoms with Crippen molar-refractivity contribution in [1.29, 1.82) is 0 Å². The van der Waals surface area contributed by atoms with E-state index in [2.05, 4.69) is 12.2 Å². The lowest BCUT2D eigenvalue weighted by Crippen LogP contribution is -2.39. The highest BCUT2D eigenvalue weighted by molar-refractivity contribution is 5.81. The number of benzene rings is 2. The predicted octanol–water partition coefficient (Wildman–Crippen LogP) is 4.28. The van der Waals surface area contributed by atoms with E-state index in [1.54, 1.807) is 0 Å². The van der Waals surface area contributed by atoms with Gasteiger partial charge in [-0.1, -0.05) is 56.3 Å². The van der Waals surface area contributed by atoms with Gasteiger partial charge in [-0.2, -0.15) is 0 Å². The van der Waals surface area contributed by atoms with E-state index in [9.17, 15) is 4.79 Å². The molecule has 3 nitrogen and oxygen atoms in total. The molecular weight excluding hydrogens is 286 g/mol. The van der Waals surface area contributed by atoms with Crippen LogP contribution >= 0.6 is 0 Å². The molecule has 2 aromatic rings. The molecule has 0 aromatic heterocycles. The number of ether oxygens (including phenoxy) is 1. The maximum Gasteiger partial charge on any atom is 0.261 e. The van der Waals surface area contributed by atoms with E-state index >= 15 is 0 Å². The summed E-state index contributed by atoms with van der Waals surface area (Å²) >= 11 is 0. The fourth-order valence-electron chi connectivity index (χ4n) is 2.42. The molecule has 0 saturated carbocycles. The molecular formula is C20H25NO2. The van der Waals surface area contributed by atoms with Crippen molar-refractivity contribution in [1.82, 2.24) is 5.32 Å². The topological polar surface area (TPSA) is 38.3 Å². The van der Waals surface area contributed by atoms with E-state index in [0.717, 1.165) is 17.7 Å². The number of nitrogens with one attached hydrogen (secondary N) is 1. The van der Waals surface area contributed by atoms with Crippen LogP contribution in [-0.2, 0) is 11.2 Å². The molecule has 2 aromatic carbocycles. The van der Waals surface area contributed by atoms with Crippen molar-refractivity contribution in [2.45, 2.75) is 45.8 Å². The van der Waals surface area contributed by atoms with Crippen molar-refractivity contribution >= 4 is 5.91 Å². The molecule has 0 fully saturated rings. The number of hydrogen-bond acceptors (Lipinski definition) is 2. The predicted molar refractivity (Wildman–Crippen MR) is 93.5 cm³/mol. The molecule has 1 amide bonds. The molecule has 2 unspecified atom stereocenters. The van der Waals surface area contributed by atoms with Gasteiger partial charge in [0.2, 0.25) is 0 Å². The van der Waals surface area contributed by atoms with E-state index in [0.29, 0.717) is 6.42 Å². The highest BCUT2D eigenvalue weighted by atomic mass is 16.5. The second-order valence-electron chi connectivity index (χ2n) is 5.65. The van der Waals surface area contributed by atoms with Crippen molar-refractivity contribution in [3.8, 4) is 5.75 Å². The molecule has 1 N–H and O–H groups in total. The summed E-state index contributed by atoms with van der Waals surface area (Å²) in [4.78, 5) is 12.4. The number of hydrogen-bond donors (Lipinski definition) is 1. The van der Waals surface area contributed by atoms with Crippen LogP contribution < -0.4 is 10.1 Å². The quantitative estimate of drug-likeness (QED) is 0.828. The van der Waals surface area contributed by atoms with Gasteiger partial charge in [0.15, 0.2) is 6.10 Å². The van der Waals surface area contributed by atoms with Gasteiger partial charge in [-0.15, -0.1) is 0 Å². The van der Waals surface area contributed by atoms with Crippen molar-refractivity contribution < 1.29 is 9.53 Å². The van der Waals surface area contributed by atoms with Crippen molar-refractivity contribution in [2.75, 3.05) is 0 Å². The smallest absolute Gasteiger partial charge is 0.261 e. The van der Waals surface area contributed by atoms with Crippen LogP contribution in [0.2, 0.25) is 0 Å². The number of amides is 1. The third-order valence-corrected chi connectivity index (χ3v) is 3.93. The minimum atomic E-state index is -0.478. The van der Waals surface area contributed by atoms with Crippen molar-refractivity contribution in [3.63, 3.8) is 0 Å². The Morgan fingerprint density at radius 3 is 2.26 bits per heavy atom. The Bertz CT molecular complexity index is 607. The Kier molecular flexibility index (Phi) is 6.21. The van der Waals surface area contributed by atoms with Gasteiger partial charge in [-0.3, -0.25) is 4.79 Å². The molecule has 0 aliphatic carbocycles.